The Morgan fingerprint density at radius 1 is 1.46 bits per heavy atom. The molecule has 26 heavy (non-hydrogen) atoms. The molecule has 2 aromatic rings. The Morgan fingerprint density at radius 2 is 2.31 bits per heavy atom. The number of carbonyl (C=O) groups is 2. The lowest BCUT2D eigenvalue weighted by molar-refractivity contribution is -0.142. The van der Waals surface area contributed by atoms with Crippen LogP contribution in [-0.2, 0) is 20.7 Å². The van der Waals surface area contributed by atoms with Crippen LogP contribution in [0.5, 0.6) is 0 Å². The summed E-state index contributed by atoms with van der Waals surface area (Å²) in [6.07, 6.45) is 0.105. The topological polar surface area (TPSA) is 83.0 Å². The minimum absolute atomic E-state index is 0.0298. The lowest BCUT2D eigenvalue weighted by Gasteiger charge is -2.34. The van der Waals surface area contributed by atoms with Crippen LogP contribution in [0.1, 0.15) is 5.69 Å². The van der Waals surface area contributed by atoms with E-state index >= 15 is 0 Å². The van der Waals surface area contributed by atoms with Crippen molar-refractivity contribution in [2.24, 2.45) is 0 Å². The molecule has 1 saturated heterocycles. The average Bonchev–Trinajstić information content (AvgIpc) is 3.25. The fraction of sp³-hybridized carbons (Fsp3) is 0.471. The molecule has 1 amide bonds. The second-order valence-electron chi connectivity index (χ2n) is 6.22. The van der Waals surface area contributed by atoms with E-state index in [4.69, 9.17) is 9.84 Å². The zero-order chi connectivity index (χ0) is 18.5. The van der Waals surface area contributed by atoms with Gasteiger partial charge in [0.1, 0.15) is 5.01 Å². The number of rotatable bonds is 7. The second-order valence-corrected chi connectivity index (χ2v) is 8.03. The summed E-state index contributed by atoms with van der Waals surface area (Å²) < 4.78 is 5.67. The Hall–Kier alpha value is -1.81. The molecule has 0 bridgehead atoms. The molecule has 0 aliphatic carbocycles. The van der Waals surface area contributed by atoms with Crippen molar-refractivity contribution in [3.8, 4) is 9.88 Å². The van der Waals surface area contributed by atoms with Gasteiger partial charge in [-0.1, -0.05) is 6.07 Å². The van der Waals surface area contributed by atoms with Gasteiger partial charge in [0.25, 0.3) is 0 Å². The Labute approximate surface area is 159 Å². The predicted molar refractivity (Wildman–Crippen MR) is 101 cm³/mol. The monoisotopic (exact) mass is 395 g/mol. The van der Waals surface area contributed by atoms with Crippen molar-refractivity contribution in [2.45, 2.75) is 12.5 Å². The van der Waals surface area contributed by atoms with Gasteiger partial charge in [-0.05, 0) is 18.5 Å². The number of carbonyl (C=O) groups excluding carboxylic acids is 1. The third-order valence-electron chi connectivity index (χ3n) is 4.03. The van der Waals surface area contributed by atoms with E-state index in [0.29, 0.717) is 26.2 Å². The molecule has 1 unspecified atom stereocenters. The highest BCUT2D eigenvalue weighted by atomic mass is 32.1. The molecule has 1 aliphatic rings. The first-order valence-corrected chi connectivity index (χ1v) is 10.0. The SMILES string of the molecule is CN(CC(=O)O)CC1CN(C(=O)Cc2csc(-c3cccs3)n2)CCO1. The predicted octanol–water partition coefficient (Wildman–Crippen LogP) is 1.66. The summed E-state index contributed by atoms with van der Waals surface area (Å²) in [6, 6.07) is 4.01. The van der Waals surface area contributed by atoms with Gasteiger partial charge in [-0.2, -0.15) is 0 Å². The van der Waals surface area contributed by atoms with Gasteiger partial charge in [0.2, 0.25) is 5.91 Å². The number of amides is 1. The normalized spacial score (nSPS) is 17.6. The molecule has 0 spiro atoms. The van der Waals surface area contributed by atoms with Gasteiger partial charge in [-0.15, -0.1) is 22.7 Å². The molecule has 3 rings (SSSR count). The molecular formula is C17H21N3O4S2. The Morgan fingerprint density at radius 3 is 3.04 bits per heavy atom. The van der Waals surface area contributed by atoms with E-state index in [-0.39, 0.29) is 25.0 Å². The Kier molecular flexibility index (Phi) is 6.36. The summed E-state index contributed by atoms with van der Waals surface area (Å²) in [4.78, 5) is 32.5. The molecule has 3 heterocycles. The lowest BCUT2D eigenvalue weighted by atomic mass is 10.2. The summed E-state index contributed by atoms with van der Waals surface area (Å²) in [6.45, 7) is 1.94. The number of morpholine rings is 1. The number of carboxylic acid groups (broad SMARTS) is 1. The highest BCUT2D eigenvalue weighted by Gasteiger charge is 2.26. The molecular weight excluding hydrogens is 374 g/mol. The van der Waals surface area contributed by atoms with Crippen molar-refractivity contribution in [1.82, 2.24) is 14.8 Å². The molecule has 0 radical (unpaired) electrons. The van der Waals surface area contributed by atoms with Crippen molar-refractivity contribution < 1.29 is 19.4 Å². The zero-order valence-electron chi connectivity index (χ0n) is 14.5. The first-order valence-electron chi connectivity index (χ1n) is 8.29. The van der Waals surface area contributed by atoms with Crippen LogP contribution >= 0.6 is 22.7 Å². The second kappa shape index (κ2) is 8.72. The maximum atomic E-state index is 12.6. The van der Waals surface area contributed by atoms with Crippen LogP contribution in [-0.4, -0.2) is 77.7 Å². The van der Waals surface area contributed by atoms with Crippen LogP contribution in [0.3, 0.4) is 0 Å². The zero-order valence-corrected chi connectivity index (χ0v) is 16.1. The molecule has 1 N–H and O–H groups in total. The maximum Gasteiger partial charge on any atom is 0.317 e. The maximum absolute atomic E-state index is 12.6. The van der Waals surface area contributed by atoms with E-state index in [1.54, 1.807) is 39.5 Å². The van der Waals surface area contributed by atoms with Gasteiger partial charge in [0, 0.05) is 25.0 Å². The Bertz CT molecular complexity index is 747. The first-order chi connectivity index (χ1) is 12.5. The molecule has 140 valence electrons. The Balaban J connectivity index is 1.53. The number of aromatic nitrogens is 1. The highest BCUT2D eigenvalue weighted by molar-refractivity contribution is 7.20. The van der Waals surface area contributed by atoms with E-state index in [0.717, 1.165) is 15.6 Å². The molecule has 0 saturated carbocycles. The van der Waals surface area contributed by atoms with Crippen molar-refractivity contribution in [1.29, 1.82) is 0 Å². The third-order valence-corrected chi connectivity index (χ3v) is 5.96. The number of ether oxygens (including phenoxy) is 1. The van der Waals surface area contributed by atoms with Crippen LogP contribution in [0.4, 0.5) is 0 Å². The fourth-order valence-electron chi connectivity index (χ4n) is 2.87. The average molecular weight is 396 g/mol. The van der Waals surface area contributed by atoms with Gasteiger partial charge in [0.15, 0.2) is 0 Å². The lowest BCUT2D eigenvalue weighted by Crippen LogP contribution is -2.50. The summed E-state index contributed by atoms with van der Waals surface area (Å²) in [5.74, 6) is -0.844. The van der Waals surface area contributed by atoms with E-state index in [1.165, 1.54) is 0 Å². The first kappa shape index (κ1) is 19.0. The summed E-state index contributed by atoms with van der Waals surface area (Å²) in [5, 5.41) is 13.7. The number of nitrogens with zero attached hydrogens (tertiary/aromatic N) is 3. The van der Waals surface area contributed by atoms with Crippen molar-refractivity contribution in [2.75, 3.05) is 39.8 Å². The highest BCUT2D eigenvalue weighted by Crippen LogP contribution is 2.28. The van der Waals surface area contributed by atoms with Crippen LogP contribution < -0.4 is 0 Å². The van der Waals surface area contributed by atoms with Crippen LogP contribution in [0.15, 0.2) is 22.9 Å². The standard InChI is InChI=1S/C17H21N3O4S2/c1-19(10-16(22)23)8-13-9-20(4-5-24-13)15(21)7-12-11-26-17(18-12)14-3-2-6-25-14/h2-3,6,11,13H,4-5,7-10H2,1H3,(H,22,23). The molecule has 1 fully saturated rings. The van der Waals surface area contributed by atoms with E-state index < -0.39 is 5.97 Å². The molecule has 2 aromatic heterocycles. The quantitative estimate of drug-likeness (QED) is 0.768. The molecule has 9 heteroatoms. The van der Waals surface area contributed by atoms with Crippen LogP contribution in [0, 0.1) is 0 Å². The van der Waals surface area contributed by atoms with E-state index in [2.05, 4.69) is 4.98 Å². The van der Waals surface area contributed by atoms with E-state index in [1.807, 2.05) is 22.9 Å². The van der Waals surface area contributed by atoms with Crippen LogP contribution in [0.2, 0.25) is 0 Å². The number of hydrogen-bond acceptors (Lipinski definition) is 7. The fourth-order valence-corrected chi connectivity index (χ4v) is 4.50. The van der Waals surface area contributed by atoms with E-state index in [9.17, 15) is 9.59 Å². The van der Waals surface area contributed by atoms with Crippen LogP contribution in [0.25, 0.3) is 9.88 Å². The molecule has 1 atom stereocenters. The van der Waals surface area contributed by atoms with Gasteiger partial charge in [-0.25, -0.2) is 4.98 Å². The third kappa shape index (κ3) is 5.10. The van der Waals surface area contributed by atoms with Gasteiger partial charge in [0.05, 0.1) is 36.2 Å². The van der Waals surface area contributed by atoms with Crippen molar-refractivity contribution in [3.63, 3.8) is 0 Å². The van der Waals surface area contributed by atoms with Gasteiger partial charge >= 0.3 is 5.97 Å². The van der Waals surface area contributed by atoms with Crippen molar-refractivity contribution >= 4 is 34.6 Å². The largest absolute Gasteiger partial charge is 0.480 e. The number of carboxylic acids is 1. The summed E-state index contributed by atoms with van der Waals surface area (Å²) >= 11 is 3.19. The molecule has 1 aliphatic heterocycles. The number of hydrogen-bond donors (Lipinski definition) is 1. The van der Waals surface area contributed by atoms with Gasteiger partial charge in [-0.3, -0.25) is 14.5 Å². The minimum atomic E-state index is -0.874. The summed E-state index contributed by atoms with van der Waals surface area (Å²) in [5.41, 5.74) is 0.787. The van der Waals surface area contributed by atoms with Crippen molar-refractivity contribution in [3.05, 3.63) is 28.6 Å². The minimum Gasteiger partial charge on any atom is -0.480 e. The number of thiophene rings is 1. The van der Waals surface area contributed by atoms with Gasteiger partial charge < -0.3 is 14.7 Å². The smallest absolute Gasteiger partial charge is 0.317 e. The summed E-state index contributed by atoms with van der Waals surface area (Å²) in [7, 11) is 1.74. The molecule has 0 aromatic carbocycles. The number of thiazole rings is 1. The molecule has 7 nitrogen and oxygen atoms in total. The number of aliphatic carboxylic acids is 1. The number of likely N-dealkylation sites (N-methyl/N-ethyl adjacent to an activating group) is 1.